The fraction of sp³-hybridized carbons (Fsp3) is 0.833. The quantitative estimate of drug-likeness (QED) is 0.145. The van der Waals surface area contributed by atoms with Crippen molar-refractivity contribution in [2.75, 3.05) is 13.2 Å². The van der Waals surface area contributed by atoms with Gasteiger partial charge >= 0.3 is 17.1 Å². The number of rotatable bonds is 10. The average molecular weight is 444 g/mol. The van der Waals surface area contributed by atoms with Gasteiger partial charge in [-0.1, -0.05) is 12.2 Å². The molecule has 0 bridgehead atoms. The predicted molar refractivity (Wildman–Crippen MR) is 67.8 cm³/mol. The van der Waals surface area contributed by atoms with Crippen molar-refractivity contribution in [2.24, 2.45) is 0 Å². The van der Waals surface area contributed by atoms with Gasteiger partial charge in [-0.25, -0.2) is 0 Å². The summed E-state index contributed by atoms with van der Waals surface area (Å²) in [5.74, 6) is -4.17. The fourth-order valence-electron chi connectivity index (χ4n) is 1.31. The molecule has 0 fully saturated rings. The molecule has 0 aromatic carbocycles. The molecule has 0 rings (SSSR count). The maximum atomic E-state index is 10.5. The van der Waals surface area contributed by atoms with E-state index in [9.17, 15) is 30.0 Å². The number of carboxylic acid groups (broad SMARTS) is 2. The van der Waals surface area contributed by atoms with Crippen LogP contribution in [0.15, 0.2) is 0 Å². The predicted octanol–water partition coefficient (Wildman–Crippen LogP) is -10.9. The minimum Gasteiger partial charge on any atom is -0.846 e. The first kappa shape index (κ1) is 30.8. The molecule has 0 aromatic rings. The second-order valence-electron chi connectivity index (χ2n) is 4.94. The molecule has 0 spiro atoms. The van der Waals surface area contributed by atoms with Crippen LogP contribution in [-0.2, 0) is 26.7 Å². The average Bonchev–Trinajstić information content (AvgIpc) is 2.62. The van der Waals surface area contributed by atoms with E-state index in [0.29, 0.717) is 0 Å². The molecule has 0 saturated heterocycles. The molecule has 0 aliphatic carbocycles. The monoisotopic (exact) mass is 444 g/mol. The van der Waals surface area contributed by atoms with E-state index in [4.69, 9.17) is 40.9 Å². The van der Waals surface area contributed by atoms with Crippen LogP contribution in [0, 0.1) is 0 Å². The Kier molecular flexibility index (Phi) is 17.1. The molecule has 0 radical (unpaired) electrons. The summed E-state index contributed by atoms with van der Waals surface area (Å²) in [6.07, 6.45) is -17.1. The van der Waals surface area contributed by atoms with Crippen molar-refractivity contribution in [3.8, 4) is 0 Å². The maximum absolute atomic E-state index is 10.5. The topological polar surface area (TPSA) is 288 Å². The summed E-state index contributed by atoms with van der Waals surface area (Å²) in [6, 6.07) is 0. The van der Waals surface area contributed by atoms with Crippen LogP contribution in [-0.4, -0.2) is 115 Å². The van der Waals surface area contributed by atoms with Gasteiger partial charge in [-0.15, -0.1) is 0 Å². The van der Waals surface area contributed by atoms with Crippen molar-refractivity contribution in [3.63, 3.8) is 0 Å². The Labute approximate surface area is 162 Å². The third kappa shape index (κ3) is 10.8. The van der Waals surface area contributed by atoms with Crippen LogP contribution in [0.5, 0.6) is 0 Å². The Balaban J connectivity index is -0.000000411. The molecule has 0 heterocycles. The van der Waals surface area contributed by atoms with Gasteiger partial charge in [-0.2, -0.15) is 0 Å². The van der Waals surface area contributed by atoms with E-state index in [1.54, 1.807) is 0 Å². The third-order valence-electron chi connectivity index (χ3n) is 2.95. The fourth-order valence-corrected chi connectivity index (χ4v) is 1.31. The number of hydrogen-bond donors (Lipinski definition) is 8. The normalized spacial score (nSPS) is 19.6. The van der Waals surface area contributed by atoms with Crippen molar-refractivity contribution in [3.05, 3.63) is 0 Å². The number of aliphatic carboxylic acids is 2. The van der Waals surface area contributed by atoms with Gasteiger partial charge in [-0.3, -0.25) is 0 Å². The van der Waals surface area contributed by atoms with Gasteiger partial charge in [0.05, 0.1) is 25.4 Å². The number of hydrogen-bond acceptors (Lipinski definition) is 14. The number of carboxylic acids is 2. The zero-order valence-corrected chi connectivity index (χ0v) is 14.5. The van der Waals surface area contributed by atoms with Gasteiger partial charge in [0.1, 0.15) is 24.4 Å². The Morgan fingerprint density at radius 1 is 0.630 bits per heavy atom. The van der Waals surface area contributed by atoms with E-state index in [-0.39, 0.29) is 17.1 Å². The van der Waals surface area contributed by atoms with Gasteiger partial charge in [0, 0.05) is 11.9 Å². The molecule has 8 unspecified atom stereocenters. The molecular formula is C12H20FeO14. The summed E-state index contributed by atoms with van der Waals surface area (Å²) in [4.78, 5) is 19.8. The van der Waals surface area contributed by atoms with Gasteiger partial charge < -0.3 is 70.9 Å². The molecule has 0 aliphatic rings. The first-order chi connectivity index (χ1) is 11.8. The molecule has 8 atom stereocenters. The number of aliphatic hydroxyl groups is 8. The van der Waals surface area contributed by atoms with Crippen LogP contribution in [0.25, 0.3) is 0 Å². The van der Waals surface area contributed by atoms with E-state index in [2.05, 4.69) is 0 Å². The summed E-state index contributed by atoms with van der Waals surface area (Å²) >= 11 is 0. The molecular weight excluding hydrogens is 424 g/mol. The first-order valence-electron chi connectivity index (χ1n) is 6.86. The van der Waals surface area contributed by atoms with E-state index in [1.807, 2.05) is 0 Å². The molecule has 0 saturated carbocycles. The van der Waals surface area contributed by atoms with E-state index < -0.39 is 74.0 Å². The largest absolute Gasteiger partial charge is 4.00 e. The van der Waals surface area contributed by atoms with Gasteiger partial charge in [0.15, 0.2) is 0 Å². The van der Waals surface area contributed by atoms with Gasteiger partial charge in [0.25, 0.3) is 0 Å². The molecule has 14 nitrogen and oxygen atoms in total. The summed E-state index contributed by atoms with van der Waals surface area (Å²) in [5, 5.41) is 110. The summed E-state index contributed by atoms with van der Waals surface area (Å²) < 4.78 is 0. The second kappa shape index (κ2) is 15.0. The van der Waals surface area contributed by atoms with E-state index in [1.165, 1.54) is 0 Å². The smallest absolute Gasteiger partial charge is 0.846 e. The SMILES string of the molecule is O=C([O-])C([O-])C(O)C(O)C(O)CO.O=C([O-])C([O-])C(O)C(O)C(O)CO.[Fe+4]. The minimum absolute atomic E-state index is 0. The van der Waals surface area contributed by atoms with E-state index >= 15 is 0 Å². The van der Waals surface area contributed by atoms with Crippen molar-refractivity contribution >= 4 is 11.9 Å². The Hall–Kier alpha value is -0.941. The molecule has 27 heavy (non-hydrogen) atoms. The van der Waals surface area contributed by atoms with Crippen LogP contribution in [0.1, 0.15) is 0 Å². The zero-order valence-electron chi connectivity index (χ0n) is 13.4. The Bertz CT molecular complexity index is 385. The first-order valence-corrected chi connectivity index (χ1v) is 6.86. The molecule has 0 aromatic heterocycles. The van der Waals surface area contributed by atoms with Gasteiger partial charge in [-0.05, 0) is 0 Å². The molecule has 160 valence electrons. The molecule has 8 N–H and O–H groups in total. The number of carbonyl (C=O) groups excluding carboxylic acids is 2. The van der Waals surface area contributed by atoms with Gasteiger partial charge in [0.2, 0.25) is 0 Å². The zero-order chi connectivity index (χ0) is 21.2. The van der Waals surface area contributed by atoms with Crippen LogP contribution in [0.2, 0.25) is 0 Å². The third-order valence-corrected chi connectivity index (χ3v) is 2.95. The Morgan fingerprint density at radius 2 is 0.852 bits per heavy atom. The summed E-state index contributed by atoms with van der Waals surface area (Å²) in [7, 11) is 0. The van der Waals surface area contributed by atoms with Crippen LogP contribution < -0.4 is 20.4 Å². The van der Waals surface area contributed by atoms with Crippen LogP contribution in [0.4, 0.5) is 0 Å². The molecule has 15 heteroatoms. The van der Waals surface area contributed by atoms with Crippen molar-refractivity contribution in [1.29, 1.82) is 0 Å². The van der Waals surface area contributed by atoms with Crippen LogP contribution in [0.3, 0.4) is 0 Å². The van der Waals surface area contributed by atoms with Crippen molar-refractivity contribution in [1.82, 2.24) is 0 Å². The second-order valence-corrected chi connectivity index (χ2v) is 4.94. The number of aliphatic hydroxyl groups excluding tert-OH is 8. The van der Waals surface area contributed by atoms with Crippen LogP contribution >= 0.6 is 0 Å². The molecule has 0 amide bonds. The Morgan fingerprint density at radius 3 is 1.00 bits per heavy atom. The number of carbonyl (C=O) groups is 2. The van der Waals surface area contributed by atoms with Crippen molar-refractivity contribution < 1.29 is 87.9 Å². The minimum atomic E-state index is -2.56. The molecule has 0 aliphatic heterocycles. The maximum Gasteiger partial charge on any atom is 4.00 e. The standard InChI is InChI=1S/2C6H11O7.Fe/c2*7-1-2(8)3(9)4(10)5(11)6(12)13;/h2*2-5,7-10H,1H2,(H,12,13);/q2*-1;+4/p-2. The van der Waals surface area contributed by atoms with Crippen molar-refractivity contribution in [2.45, 2.75) is 48.8 Å². The summed E-state index contributed by atoms with van der Waals surface area (Å²) in [6.45, 7) is -1.78. The van der Waals surface area contributed by atoms with E-state index in [0.717, 1.165) is 0 Å². The summed E-state index contributed by atoms with van der Waals surface area (Å²) in [5.41, 5.74) is 0.